The molecule has 0 amide bonds. The Hall–Kier alpha value is -1.35. The molecule has 1 saturated carbocycles. The second-order valence-electron chi connectivity index (χ2n) is 5.31. The highest BCUT2D eigenvalue weighted by Crippen LogP contribution is 2.34. The Morgan fingerprint density at radius 3 is 2.89 bits per heavy atom. The summed E-state index contributed by atoms with van der Waals surface area (Å²) in [5.74, 6) is 1.14. The number of hydrogen-bond donors (Lipinski definition) is 1. The highest BCUT2D eigenvalue weighted by atomic mass is 19.1. The number of furan rings is 1. The van der Waals surface area contributed by atoms with Crippen molar-refractivity contribution in [1.82, 2.24) is 0 Å². The maximum atomic E-state index is 13.2. The van der Waals surface area contributed by atoms with Crippen LogP contribution in [0.1, 0.15) is 43.8 Å². The molecule has 0 bridgehead atoms. The highest BCUT2D eigenvalue weighted by Gasteiger charge is 2.22. The third-order valence-corrected chi connectivity index (χ3v) is 3.86. The molecule has 1 heterocycles. The molecule has 3 heteroatoms. The number of fused-ring (bicyclic) bond motifs is 1. The van der Waals surface area contributed by atoms with E-state index >= 15 is 0 Å². The number of nitrogens with two attached hydrogens (primary N) is 1. The largest absolute Gasteiger partial charge is 0.461 e. The van der Waals surface area contributed by atoms with Crippen molar-refractivity contribution >= 4 is 11.0 Å². The van der Waals surface area contributed by atoms with Crippen LogP contribution >= 0.6 is 0 Å². The predicted molar refractivity (Wildman–Crippen MR) is 70.0 cm³/mol. The summed E-state index contributed by atoms with van der Waals surface area (Å²) in [6, 6.07) is 6.90. The quantitative estimate of drug-likeness (QED) is 0.775. The molecule has 0 saturated heterocycles. The SMILES string of the molecule is NC1CCCCC(c2cc3cc(F)ccc3o2)C1. The average Bonchev–Trinajstić information content (AvgIpc) is 2.63. The van der Waals surface area contributed by atoms with E-state index < -0.39 is 0 Å². The van der Waals surface area contributed by atoms with Gasteiger partial charge in [0.15, 0.2) is 0 Å². The van der Waals surface area contributed by atoms with Crippen LogP contribution in [0, 0.1) is 5.82 Å². The van der Waals surface area contributed by atoms with Gasteiger partial charge in [0.25, 0.3) is 0 Å². The van der Waals surface area contributed by atoms with Crippen molar-refractivity contribution in [3.8, 4) is 0 Å². The smallest absolute Gasteiger partial charge is 0.134 e. The first kappa shape index (κ1) is 11.7. The summed E-state index contributed by atoms with van der Waals surface area (Å²) in [7, 11) is 0. The number of benzene rings is 1. The molecular weight excluding hydrogens is 229 g/mol. The summed E-state index contributed by atoms with van der Waals surface area (Å²) in [6.07, 6.45) is 5.60. The fraction of sp³-hybridized carbons (Fsp3) is 0.467. The van der Waals surface area contributed by atoms with Gasteiger partial charge in [0.05, 0.1) is 0 Å². The van der Waals surface area contributed by atoms with Crippen LogP contribution in [-0.4, -0.2) is 6.04 Å². The molecule has 1 aliphatic rings. The Labute approximate surface area is 106 Å². The summed E-state index contributed by atoms with van der Waals surface area (Å²) in [5, 5.41) is 0.850. The van der Waals surface area contributed by atoms with Gasteiger partial charge in [-0.3, -0.25) is 0 Å². The van der Waals surface area contributed by atoms with Gasteiger partial charge < -0.3 is 10.2 Å². The lowest BCUT2D eigenvalue weighted by atomic mass is 9.95. The van der Waals surface area contributed by atoms with Gasteiger partial charge in [-0.2, -0.15) is 0 Å². The molecular formula is C15H18FNO. The molecule has 1 aromatic carbocycles. The highest BCUT2D eigenvalue weighted by molar-refractivity contribution is 5.78. The van der Waals surface area contributed by atoms with E-state index in [2.05, 4.69) is 0 Å². The van der Waals surface area contributed by atoms with Gasteiger partial charge in [0, 0.05) is 17.3 Å². The second kappa shape index (κ2) is 4.73. The van der Waals surface area contributed by atoms with Crippen molar-refractivity contribution < 1.29 is 8.81 Å². The zero-order valence-electron chi connectivity index (χ0n) is 10.4. The second-order valence-corrected chi connectivity index (χ2v) is 5.31. The topological polar surface area (TPSA) is 39.2 Å². The van der Waals surface area contributed by atoms with Crippen LogP contribution in [0.15, 0.2) is 28.7 Å². The summed E-state index contributed by atoms with van der Waals surface area (Å²) in [6.45, 7) is 0. The standard InChI is InChI=1S/C15H18FNO/c16-12-5-6-14-11(7-12)9-15(18-14)10-3-1-2-4-13(17)8-10/h5-7,9-10,13H,1-4,8,17H2. The van der Waals surface area contributed by atoms with Crippen LogP contribution in [0.2, 0.25) is 0 Å². The molecule has 1 aliphatic carbocycles. The van der Waals surface area contributed by atoms with Crippen LogP contribution in [0.5, 0.6) is 0 Å². The summed E-state index contributed by atoms with van der Waals surface area (Å²) in [5.41, 5.74) is 6.85. The van der Waals surface area contributed by atoms with E-state index in [1.54, 1.807) is 6.07 Å². The van der Waals surface area contributed by atoms with Crippen LogP contribution in [0.25, 0.3) is 11.0 Å². The molecule has 3 rings (SSSR count). The average molecular weight is 247 g/mol. The molecule has 2 aromatic rings. The van der Waals surface area contributed by atoms with E-state index in [0.717, 1.165) is 36.0 Å². The zero-order valence-corrected chi connectivity index (χ0v) is 10.4. The maximum absolute atomic E-state index is 13.2. The van der Waals surface area contributed by atoms with Crippen molar-refractivity contribution in [2.75, 3.05) is 0 Å². The third-order valence-electron chi connectivity index (χ3n) is 3.86. The van der Waals surface area contributed by atoms with Crippen LogP contribution in [-0.2, 0) is 0 Å². The Bertz CT molecular complexity index is 548. The van der Waals surface area contributed by atoms with Crippen molar-refractivity contribution in [2.24, 2.45) is 5.73 Å². The van der Waals surface area contributed by atoms with Crippen molar-refractivity contribution in [1.29, 1.82) is 0 Å². The van der Waals surface area contributed by atoms with Gasteiger partial charge in [-0.1, -0.05) is 12.8 Å². The van der Waals surface area contributed by atoms with Crippen LogP contribution in [0.4, 0.5) is 4.39 Å². The normalized spacial score (nSPS) is 25.2. The number of hydrogen-bond acceptors (Lipinski definition) is 2. The first-order valence-electron chi connectivity index (χ1n) is 6.67. The Morgan fingerprint density at radius 2 is 2.00 bits per heavy atom. The van der Waals surface area contributed by atoms with E-state index in [1.807, 2.05) is 6.07 Å². The van der Waals surface area contributed by atoms with Crippen LogP contribution in [0.3, 0.4) is 0 Å². The molecule has 2 atom stereocenters. The fourth-order valence-corrected chi connectivity index (χ4v) is 2.89. The summed E-state index contributed by atoms with van der Waals surface area (Å²) >= 11 is 0. The molecule has 0 radical (unpaired) electrons. The molecule has 2 N–H and O–H groups in total. The molecule has 2 unspecified atom stereocenters. The summed E-state index contributed by atoms with van der Waals surface area (Å²) in [4.78, 5) is 0. The Kier molecular flexibility index (Phi) is 3.08. The van der Waals surface area contributed by atoms with E-state index in [4.69, 9.17) is 10.2 Å². The monoisotopic (exact) mass is 247 g/mol. The zero-order chi connectivity index (χ0) is 12.5. The van der Waals surface area contributed by atoms with Crippen LogP contribution < -0.4 is 5.73 Å². The minimum Gasteiger partial charge on any atom is -0.461 e. The van der Waals surface area contributed by atoms with Gasteiger partial charge in [-0.15, -0.1) is 0 Å². The third kappa shape index (κ3) is 2.27. The lowest BCUT2D eigenvalue weighted by molar-refractivity contribution is 0.440. The van der Waals surface area contributed by atoms with Crippen molar-refractivity contribution in [3.05, 3.63) is 35.8 Å². The van der Waals surface area contributed by atoms with E-state index in [1.165, 1.54) is 25.0 Å². The van der Waals surface area contributed by atoms with E-state index in [9.17, 15) is 4.39 Å². The first-order valence-corrected chi connectivity index (χ1v) is 6.67. The Morgan fingerprint density at radius 1 is 1.17 bits per heavy atom. The maximum Gasteiger partial charge on any atom is 0.134 e. The molecule has 1 aromatic heterocycles. The molecule has 18 heavy (non-hydrogen) atoms. The predicted octanol–water partition coefficient (Wildman–Crippen LogP) is 3.95. The lowest BCUT2D eigenvalue weighted by Gasteiger charge is -2.14. The number of rotatable bonds is 1. The Balaban J connectivity index is 1.93. The van der Waals surface area contributed by atoms with Crippen molar-refractivity contribution in [2.45, 2.75) is 44.1 Å². The van der Waals surface area contributed by atoms with Gasteiger partial charge in [0.1, 0.15) is 17.2 Å². The molecule has 2 nitrogen and oxygen atoms in total. The minimum absolute atomic E-state index is 0.215. The van der Waals surface area contributed by atoms with Gasteiger partial charge in [0.2, 0.25) is 0 Å². The summed E-state index contributed by atoms with van der Waals surface area (Å²) < 4.78 is 19.0. The van der Waals surface area contributed by atoms with E-state index in [0.29, 0.717) is 5.92 Å². The van der Waals surface area contributed by atoms with E-state index in [-0.39, 0.29) is 11.9 Å². The molecule has 1 fully saturated rings. The molecule has 0 aliphatic heterocycles. The first-order chi connectivity index (χ1) is 8.72. The van der Waals surface area contributed by atoms with Gasteiger partial charge in [-0.25, -0.2) is 4.39 Å². The molecule has 0 spiro atoms. The fourth-order valence-electron chi connectivity index (χ4n) is 2.89. The van der Waals surface area contributed by atoms with Gasteiger partial charge >= 0.3 is 0 Å². The minimum atomic E-state index is -0.215. The number of halogens is 1. The van der Waals surface area contributed by atoms with Gasteiger partial charge in [-0.05, 0) is 43.5 Å². The molecule has 96 valence electrons. The van der Waals surface area contributed by atoms with Crippen molar-refractivity contribution in [3.63, 3.8) is 0 Å². The lowest BCUT2D eigenvalue weighted by Crippen LogP contribution is -2.20.